The lowest BCUT2D eigenvalue weighted by Crippen LogP contribution is -1.83. The molecule has 0 saturated carbocycles. The Balaban J connectivity index is 1.83. The number of hydrogen-bond donors (Lipinski definition) is 2. The fraction of sp³-hybridized carbons (Fsp3) is 0.655. The molecule has 0 atom stereocenters. The van der Waals surface area contributed by atoms with Gasteiger partial charge in [-0.25, -0.2) is 0 Å². The van der Waals surface area contributed by atoms with E-state index in [-0.39, 0.29) is 11.5 Å². The van der Waals surface area contributed by atoms with E-state index in [0.29, 0.717) is 5.56 Å². The number of phenols is 2. The van der Waals surface area contributed by atoms with Gasteiger partial charge in [0.1, 0.15) is 11.5 Å². The van der Waals surface area contributed by atoms with Gasteiger partial charge in [-0.15, -0.1) is 0 Å². The molecule has 0 aliphatic rings. The molecule has 0 aliphatic carbocycles. The van der Waals surface area contributed by atoms with Crippen LogP contribution in [0.25, 0.3) is 6.08 Å². The van der Waals surface area contributed by atoms with Crippen LogP contribution in [0.3, 0.4) is 0 Å². The van der Waals surface area contributed by atoms with E-state index in [4.69, 9.17) is 0 Å². The Bertz CT molecular complexity index is 568. The fourth-order valence-corrected chi connectivity index (χ4v) is 4.03. The third-order valence-electron chi connectivity index (χ3n) is 6.04. The lowest BCUT2D eigenvalue weighted by atomic mass is 10.0. The zero-order valence-corrected chi connectivity index (χ0v) is 20.2. The lowest BCUT2D eigenvalue weighted by Gasteiger charge is -2.03. The van der Waals surface area contributed by atoms with Gasteiger partial charge in [-0.2, -0.15) is 0 Å². The highest BCUT2D eigenvalue weighted by atomic mass is 16.3. The molecular formula is C29H48O2. The summed E-state index contributed by atoms with van der Waals surface area (Å²) in [5.41, 5.74) is 0.477. The molecule has 0 radical (unpaired) electrons. The summed E-state index contributed by atoms with van der Waals surface area (Å²) in [6.07, 6.45) is 32.8. The molecule has 176 valence electrons. The van der Waals surface area contributed by atoms with Crippen molar-refractivity contribution < 1.29 is 10.2 Å². The minimum absolute atomic E-state index is 0.109. The Labute approximate surface area is 192 Å². The van der Waals surface area contributed by atoms with E-state index in [9.17, 15) is 10.2 Å². The zero-order valence-electron chi connectivity index (χ0n) is 20.2. The van der Waals surface area contributed by atoms with Crippen molar-refractivity contribution >= 4 is 6.08 Å². The van der Waals surface area contributed by atoms with Crippen LogP contribution in [-0.4, -0.2) is 10.2 Å². The van der Waals surface area contributed by atoms with Crippen molar-refractivity contribution in [1.29, 1.82) is 0 Å². The molecule has 2 heteroatoms. The molecule has 0 amide bonds. The molecule has 0 heterocycles. The molecule has 1 rings (SSSR count). The van der Waals surface area contributed by atoms with E-state index in [2.05, 4.69) is 13.0 Å². The summed E-state index contributed by atoms with van der Waals surface area (Å²) < 4.78 is 0. The number of benzene rings is 1. The summed E-state index contributed by atoms with van der Waals surface area (Å²) in [4.78, 5) is 0. The first-order chi connectivity index (χ1) is 15.3. The summed E-state index contributed by atoms with van der Waals surface area (Å²) in [6.45, 7) is 2.29. The van der Waals surface area contributed by atoms with E-state index in [0.717, 1.165) is 6.42 Å². The maximum Gasteiger partial charge on any atom is 0.126 e. The Morgan fingerprint density at radius 3 is 1.45 bits per heavy atom. The predicted molar refractivity (Wildman–Crippen MR) is 137 cm³/mol. The SMILES string of the molecule is CCCCCCCCCCCCCCCCCCCC=CC=Cc1c(O)cccc1O. The predicted octanol–water partition coefficient (Wildman–Crippen LogP) is 9.71. The second-order valence-electron chi connectivity index (χ2n) is 8.94. The molecule has 1 aromatic rings. The molecule has 0 aliphatic heterocycles. The number of allylic oxidation sites excluding steroid dienone is 3. The summed E-state index contributed by atoms with van der Waals surface area (Å²) in [7, 11) is 0. The molecular weight excluding hydrogens is 380 g/mol. The van der Waals surface area contributed by atoms with Crippen LogP contribution in [0.15, 0.2) is 36.4 Å². The van der Waals surface area contributed by atoms with E-state index in [1.807, 2.05) is 12.2 Å². The summed E-state index contributed by atoms with van der Waals surface area (Å²) in [5, 5.41) is 19.4. The largest absolute Gasteiger partial charge is 0.507 e. The highest BCUT2D eigenvalue weighted by Crippen LogP contribution is 2.27. The van der Waals surface area contributed by atoms with E-state index >= 15 is 0 Å². The minimum atomic E-state index is 0.109. The van der Waals surface area contributed by atoms with E-state index in [1.54, 1.807) is 24.3 Å². The molecule has 0 spiro atoms. The zero-order chi connectivity index (χ0) is 22.4. The van der Waals surface area contributed by atoms with Crippen molar-refractivity contribution in [2.75, 3.05) is 0 Å². The van der Waals surface area contributed by atoms with Crippen molar-refractivity contribution in [3.8, 4) is 11.5 Å². The third-order valence-corrected chi connectivity index (χ3v) is 6.04. The van der Waals surface area contributed by atoms with Crippen molar-refractivity contribution in [3.63, 3.8) is 0 Å². The molecule has 0 saturated heterocycles. The first-order valence-electron chi connectivity index (χ1n) is 13.1. The van der Waals surface area contributed by atoms with Crippen LogP contribution in [0.1, 0.15) is 128 Å². The molecule has 0 aromatic heterocycles. The standard InChI is InChI=1S/C29H48O2/c1-2-3-4-5-6-7-8-9-10-11-12-13-14-15-16-17-18-19-20-21-22-24-27-28(30)25-23-26-29(27)31/h20-26,30-31H,2-19H2,1H3. The van der Waals surface area contributed by atoms with Crippen LogP contribution < -0.4 is 0 Å². The number of hydrogen-bond acceptors (Lipinski definition) is 2. The van der Waals surface area contributed by atoms with Gasteiger partial charge in [-0.05, 0) is 31.1 Å². The van der Waals surface area contributed by atoms with Crippen LogP contribution in [0.5, 0.6) is 11.5 Å². The number of phenolic OH excluding ortho intramolecular Hbond substituents is 2. The Morgan fingerprint density at radius 1 is 0.581 bits per heavy atom. The quantitative estimate of drug-likeness (QED) is 0.160. The van der Waals surface area contributed by atoms with Crippen molar-refractivity contribution in [2.45, 2.75) is 122 Å². The van der Waals surface area contributed by atoms with Gasteiger partial charge in [0, 0.05) is 0 Å². The maximum absolute atomic E-state index is 9.72. The molecule has 2 nitrogen and oxygen atoms in total. The van der Waals surface area contributed by atoms with Crippen molar-refractivity contribution in [1.82, 2.24) is 0 Å². The van der Waals surface area contributed by atoms with Gasteiger partial charge < -0.3 is 10.2 Å². The lowest BCUT2D eigenvalue weighted by molar-refractivity contribution is 0.448. The molecule has 2 N–H and O–H groups in total. The first kappa shape index (κ1) is 27.3. The summed E-state index contributed by atoms with van der Waals surface area (Å²) in [5.74, 6) is 0.218. The molecule has 0 unspecified atom stereocenters. The molecule has 1 aromatic carbocycles. The normalized spacial score (nSPS) is 11.8. The third kappa shape index (κ3) is 15.7. The number of aromatic hydroxyl groups is 2. The van der Waals surface area contributed by atoms with Crippen LogP contribution in [-0.2, 0) is 0 Å². The highest BCUT2D eigenvalue weighted by molar-refractivity contribution is 5.64. The van der Waals surface area contributed by atoms with Crippen LogP contribution in [0.2, 0.25) is 0 Å². The number of unbranched alkanes of at least 4 members (excludes halogenated alkanes) is 17. The molecule has 31 heavy (non-hydrogen) atoms. The van der Waals surface area contributed by atoms with Crippen LogP contribution >= 0.6 is 0 Å². The van der Waals surface area contributed by atoms with Gasteiger partial charge >= 0.3 is 0 Å². The van der Waals surface area contributed by atoms with Gasteiger partial charge in [0.2, 0.25) is 0 Å². The monoisotopic (exact) mass is 428 g/mol. The van der Waals surface area contributed by atoms with Gasteiger partial charge in [0.25, 0.3) is 0 Å². The summed E-state index contributed by atoms with van der Waals surface area (Å²) >= 11 is 0. The van der Waals surface area contributed by atoms with E-state index < -0.39 is 0 Å². The van der Waals surface area contributed by atoms with Crippen LogP contribution in [0, 0.1) is 0 Å². The average molecular weight is 429 g/mol. The van der Waals surface area contributed by atoms with Gasteiger partial charge in [0.15, 0.2) is 0 Å². The highest BCUT2D eigenvalue weighted by Gasteiger charge is 2.01. The smallest absolute Gasteiger partial charge is 0.126 e. The van der Waals surface area contributed by atoms with Gasteiger partial charge in [0.05, 0.1) is 5.56 Å². The van der Waals surface area contributed by atoms with Gasteiger partial charge in [-0.3, -0.25) is 0 Å². The number of rotatable bonds is 20. The topological polar surface area (TPSA) is 40.5 Å². The molecule has 0 fully saturated rings. The second kappa shape index (κ2) is 20.2. The summed E-state index contributed by atoms with van der Waals surface area (Å²) in [6, 6.07) is 4.80. The Hall–Kier alpha value is -1.70. The van der Waals surface area contributed by atoms with Crippen molar-refractivity contribution in [2.24, 2.45) is 0 Å². The Morgan fingerprint density at radius 2 is 1.00 bits per heavy atom. The van der Waals surface area contributed by atoms with Crippen LogP contribution in [0.4, 0.5) is 0 Å². The van der Waals surface area contributed by atoms with E-state index in [1.165, 1.54) is 109 Å². The fourth-order valence-electron chi connectivity index (χ4n) is 4.03. The van der Waals surface area contributed by atoms with Crippen molar-refractivity contribution in [3.05, 3.63) is 42.0 Å². The second-order valence-corrected chi connectivity index (χ2v) is 8.94. The Kier molecular flexibility index (Phi) is 17.8. The molecule has 0 bridgehead atoms. The maximum atomic E-state index is 9.72. The average Bonchev–Trinajstić information content (AvgIpc) is 2.76. The first-order valence-corrected chi connectivity index (χ1v) is 13.1. The minimum Gasteiger partial charge on any atom is -0.507 e. The van der Waals surface area contributed by atoms with Gasteiger partial charge in [-0.1, -0.05) is 134 Å².